The van der Waals surface area contributed by atoms with Gasteiger partial charge in [0.15, 0.2) is 0 Å². The SMILES string of the molecule is C[C@@H]1CN(C(=O)CN2C(=O)CSc3ccccc32)[C@H](C)CO1. The second-order valence-electron chi connectivity index (χ2n) is 5.78. The standard InChI is InChI=1S/C16H20N2O3S/c1-11-9-21-12(2)7-17(11)15(19)8-18-13-5-3-4-6-14(13)22-10-16(18)20/h3-6,11-12H,7-10H2,1-2H3/t11-,12-/m1/s1. The number of para-hydroxylation sites is 1. The lowest BCUT2D eigenvalue weighted by molar-refractivity contribution is -0.142. The van der Waals surface area contributed by atoms with Crippen molar-refractivity contribution in [2.45, 2.75) is 30.9 Å². The number of hydrogen-bond donors (Lipinski definition) is 0. The zero-order valence-corrected chi connectivity index (χ0v) is 13.6. The van der Waals surface area contributed by atoms with Crippen molar-refractivity contribution in [2.24, 2.45) is 0 Å². The van der Waals surface area contributed by atoms with Crippen LogP contribution in [-0.2, 0) is 14.3 Å². The van der Waals surface area contributed by atoms with Gasteiger partial charge in [-0.15, -0.1) is 11.8 Å². The molecule has 0 aromatic heterocycles. The smallest absolute Gasteiger partial charge is 0.243 e. The van der Waals surface area contributed by atoms with Crippen LogP contribution in [0.15, 0.2) is 29.2 Å². The van der Waals surface area contributed by atoms with Crippen LogP contribution < -0.4 is 4.90 Å². The van der Waals surface area contributed by atoms with E-state index < -0.39 is 0 Å². The number of carbonyl (C=O) groups is 2. The zero-order chi connectivity index (χ0) is 15.7. The molecule has 2 atom stereocenters. The molecule has 2 heterocycles. The van der Waals surface area contributed by atoms with Crippen molar-refractivity contribution in [3.8, 4) is 0 Å². The third-order valence-corrected chi connectivity index (χ3v) is 5.08. The summed E-state index contributed by atoms with van der Waals surface area (Å²) in [5.41, 5.74) is 0.839. The summed E-state index contributed by atoms with van der Waals surface area (Å²) in [6.07, 6.45) is 0.0417. The van der Waals surface area contributed by atoms with Gasteiger partial charge in [-0.25, -0.2) is 0 Å². The number of thioether (sulfide) groups is 1. The Hall–Kier alpha value is -1.53. The van der Waals surface area contributed by atoms with Gasteiger partial charge >= 0.3 is 0 Å². The molecule has 118 valence electrons. The molecule has 0 spiro atoms. The third kappa shape index (κ3) is 2.98. The number of ether oxygens (including phenoxy) is 1. The zero-order valence-electron chi connectivity index (χ0n) is 12.8. The minimum Gasteiger partial charge on any atom is -0.375 e. The van der Waals surface area contributed by atoms with Crippen LogP contribution >= 0.6 is 11.8 Å². The van der Waals surface area contributed by atoms with Gasteiger partial charge in [0.2, 0.25) is 11.8 Å². The van der Waals surface area contributed by atoms with Crippen molar-refractivity contribution in [3.05, 3.63) is 24.3 Å². The molecule has 2 aliphatic rings. The molecule has 0 N–H and O–H groups in total. The number of amides is 2. The number of nitrogens with zero attached hydrogens (tertiary/aromatic N) is 2. The number of benzene rings is 1. The Labute approximate surface area is 134 Å². The van der Waals surface area contributed by atoms with E-state index in [1.54, 1.807) is 4.90 Å². The molecule has 5 nitrogen and oxygen atoms in total. The molecule has 0 saturated carbocycles. The molecule has 0 aliphatic carbocycles. The molecule has 2 aliphatic heterocycles. The van der Waals surface area contributed by atoms with Crippen LogP contribution in [0.3, 0.4) is 0 Å². The summed E-state index contributed by atoms with van der Waals surface area (Å²) in [5, 5.41) is 0. The highest BCUT2D eigenvalue weighted by Gasteiger charge is 2.32. The fraction of sp³-hybridized carbons (Fsp3) is 0.500. The van der Waals surface area contributed by atoms with Gasteiger partial charge in [0.25, 0.3) is 0 Å². The molecule has 0 radical (unpaired) electrons. The summed E-state index contributed by atoms with van der Waals surface area (Å²) in [7, 11) is 0. The number of fused-ring (bicyclic) bond motifs is 1. The van der Waals surface area contributed by atoms with Crippen LogP contribution in [0.5, 0.6) is 0 Å². The molecular formula is C16H20N2O3S. The molecule has 1 saturated heterocycles. The molecule has 3 rings (SSSR count). The van der Waals surface area contributed by atoms with E-state index in [0.29, 0.717) is 18.9 Å². The highest BCUT2D eigenvalue weighted by Crippen LogP contribution is 2.34. The summed E-state index contributed by atoms with van der Waals surface area (Å²) in [6.45, 7) is 5.18. The number of hydrogen-bond acceptors (Lipinski definition) is 4. The van der Waals surface area contributed by atoms with Crippen LogP contribution in [0.2, 0.25) is 0 Å². The minimum atomic E-state index is -0.0160. The number of morpholine rings is 1. The van der Waals surface area contributed by atoms with E-state index in [2.05, 4.69) is 0 Å². The highest BCUT2D eigenvalue weighted by molar-refractivity contribution is 8.00. The van der Waals surface area contributed by atoms with Gasteiger partial charge in [-0.3, -0.25) is 9.59 Å². The molecule has 2 amide bonds. The van der Waals surface area contributed by atoms with E-state index in [-0.39, 0.29) is 30.5 Å². The molecule has 22 heavy (non-hydrogen) atoms. The van der Waals surface area contributed by atoms with Crippen LogP contribution in [-0.4, -0.2) is 54.3 Å². The first-order valence-electron chi connectivity index (χ1n) is 7.49. The predicted octanol–water partition coefficient (Wildman–Crippen LogP) is 1.76. The van der Waals surface area contributed by atoms with E-state index in [1.165, 1.54) is 11.8 Å². The maximum Gasteiger partial charge on any atom is 0.243 e. The molecule has 0 unspecified atom stereocenters. The number of carbonyl (C=O) groups excluding carboxylic acids is 2. The van der Waals surface area contributed by atoms with E-state index in [9.17, 15) is 9.59 Å². The van der Waals surface area contributed by atoms with Gasteiger partial charge in [0.05, 0.1) is 30.2 Å². The second kappa shape index (κ2) is 6.30. The van der Waals surface area contributed by atoms with E-state index in [4.69, 9.17) is 4.74 Å². The largest absolute Gasteiger partial charge is 0.375 e. The van der Waals surface area contributed by atoms with E-state index in [0.717, 1.165) is 10.6 Å². The lowest BCUT2D eigenvalue weighted by Crippen LogP contribution is -2.54. The van der Waals surface area contributed by atoms with Crippen molar-refractivity contribution in [2.75, 3.05) is 30.3 Å². The fourth-order valence-electron chi connectivity index (χ4n) is 2.80. The lowest BCUT2D eigenvalue weighted by atomic mass is 10.2. The fourth-order valence-corrected chi connectivity index (χ4v) is 3.74. The lowest BCUT2D eigenvalue weighted by Gasteiger charge is -2.38. The highest BCUT2D eigenvalue weighted by atomic mass is 32.2. The van der Waals surface area contributed by atoms with E-state index in [1.807, 2.05) is 43.0 Å². The van der Waals surface area contributed by atoms with Gasteiger partial charge in [-0.2, -0.15) is 0 Å². The molecule has 0 bridgehead atoms. The Morgan fingerprint density at radius 2 is 2.14 bits per heavy atom. The van der Waals surface area contributed by atoms with Crippen LogP contribution in [0.25, 0.3) is 0 Å². The average molecular weight is 320 g/mol. The first kappa shape index (κ1) is 15.4. The molecule has 6 heteroatoms. The molecule has 1 aromatic rings. The first-order chi connectivity index (χ1) is 10.6. The molecule has 1 fully saturated rings. The summed E-state index contributed by atoms with van der Waals surface area (Å²) in [4.78, 5) is 29.4. The number of anilines is 1. The van der Waals surface area contributed by atoms with Crippen molar-refractivity contribution >= 4 is 29.3 Å². The molecule has 1 aromatic carbocycles. The van der Waals surface area contributed by atoms with Crippen molar-refractivity contribution in [1.29, 1.82) is 0 Å². The van der Waals surface area contributed by atoms with Crippen molar-refractivity contribution < 1.29 is 14.3 Å². The normalized spacial score (nSPS) is 25.1. The van der Waals surface area contributed by atoms with Crippen LogP contribution in [0.1, 0.15) is 13.8 Å². The maximum absolute atomic E-state index is 12.6. The second-order valence-corrected chi connectivity index (χ2v) is 6.79. The van der Waals surface area contributed by atoms with Gasteiger partial charge in [0.1, 0.15) is 6.54 Å². The predicted molar refractivity (Wildman–Crippen MR) is 86.1 cm³/mol. The topological polar surface area (TPSA) is 49.9 Å². The van der Waals surface area contributed by atoms with Gasteiger partial charge in [0, 0.05) is 11.4 Å². The van der Waals surface area contributed by atoms with Crippen LogP contribution in [0.4, 0.5) is 5.69 Å². The Balaban J connectivity index is 1.77. The quantitative estimate of drug-likeness (QED) is 0.833. The van der Waals surface area contributed by atoms with Gasteiger partial charge in [-0.1, -0.05) is 12.1 Å². The maximum atomic E-state index is 12.6. The van der Waals surface area contributed by atoms with Crippen molar-refractivity contribution in [3.63, 3.8) is 0 Å². The number of rotatable bonds is 2. The van der Waals surface area contributed by atoms with Crippen molar-refractivity contribution in [1.82, 2.24) is 4.90 Å². The summed E-state index contributed by atoms with van der Waals surface area (Å²) in [5.74, 6) is 0.364. The summed E-state index contributed by atoms with van der Waals surface area (Å²) < 4.78 is 5.56. The Kier molecular flexibility index (Phi) is 4.40. The minimum absolute atomic E-state index is 0.00832. The van der Waals surface area contributed by atoms with Gasteiger partial charge in [-0.05, 0) is 26.0 Å². The third-order valence-electron chi connectivity index (χ3n) is 4.03. The Morgan fingerprint density at radius 3 is 2.95 bits per heavy atom. The van der Waals surface area contributed by atoms with Gasteiger partial charge < -0.3 is 14.5 Å². The Morgan fingerprint density at radius 1 is 1.36 bits per heavy atom. The summed E-state index contributed by atoms with van der Waals surface area (Å²) in [6, 6.07) is 7.79. The van der Waals surface area contributed by atoms with E-state index >= 15 is 0 Å². The average Bonchev–Trinajstić information content (AvgIpc) is 2.52. The first-order valence-corrected chi connectivity index (χ1v) is 8.48. The summed E-state index contributed by atoms with van der Waals surface area (Å²) >= 11 is 1.53. The monoisotopic (exact) mass is 320 g/mol. The molecular weight excluding hydrogens is 300 g/mol. The Bertz CT molecular complexity index is 593. The van der Waals surface area contributed by atoms with Crippen LogP contribution in [0, 0.1) is 0 Å².